The van der Waals surface area contributed by atoms with E-state index in [1.165, 1.54) is 0 Å². The molecule has 0 amide bonds. The van der Waals surface area contributed by atoms with E-state index >= 15 is 0 Å². The van der Waals surface area contributed by atoms with E-state index in [4.69, 9.17) is 23.2 Å². The smallest absolute Gasteiger partial charge is 0.0627 e. The molecule has 0 bridgehead atoms. The van der Waals surface area contributed by atoms with Crippen LogP contribution in [0.25, 0.3) is 0 Å². The SMILES string of the molecule is CNCC(C)C(C)c1cccc(Cl)c1Cl. The van der Waals surface area contributed by atoms with Gasteiger partial charge in [-0.05, 0) is 37.1 Å². The van der Waals surface area contributed by atoms with Crippen molar-refractivity contribution in [1.82, 2.24) is 5.32 Å². The van der Waals surface area contributed by atoms with Crippen LogP contribution < -0.4 is 5.32 Å². The van der Waals surface area contributed by atoms with Crippen LogP contribution >= 0.6 is 23.2 Å². The molecule has 0 spiro atoms. The predicted octanol–water partition coefficient (Wildman–Crippen LogP) is 3.95. The highest BCUT2D eigenvalue weighted by Gasteiger charge is 2.17. The predicted molar refractivity (Wildman–Crippen MR) is 68.0 cm³/mol. The molecule has 2 atom stereocenters. The number of benzene rings is 1. The first-order valence-electron chi connectivity index (χ1n) is 5.16. The van der Waals surface area contributed by atoms with E-state index in [0.29, 0.717) is 21.9 Å². The van der Waals surface area contributed by atoms with E-state index < -0.39 is 0 Å². The van der Waals surface area contributed by atoms with Gasteiger partial charge in [0.15, 0.2) is 0 Å². The van der Waals surface area contributed by atoms with Crippen molar-refractivity contribution in [2.24, 2.45) is 5.92 Å². The number of hydrogen-bond acceptors (Lipinski definition) is 1. The third-order valence-corrected chi connectivity index (χ3v) is 3.69. The zero-order valence-corrected chi connectivity index (χ0v) is 10.9. The lowest BCUT2D eigenvalue weighted by Crippen LogP contribution is -2.21. The summed E-state index contributed by atoms with van der Waals surface area (Å²) in [5.41, 5.74) is 1.13. The lowest BCUT2D eigenvalue weighted by atomic mass is 9.89. The molecule has 1 aromatic carbocycles. The van der Waals surface area contributed by atoms with Crippen LogP contribution in [0.1, 0.15) is 25.3 Å². The van der Waals surface area contributed by atoms with Crippen LogP contribution in [0.2, 0.25) is 10.0 Å². The molecule has 84 valence electrons. The van der Waals surface area contributed by atoms with Crippen LogP contribution in [-0.4, -0.2) is 13.6 Å². The molecule has 1 aromatic rings. The second-order valence-corrected chi connectivity index (χ2v) is 4.75. The molecule has 0 aliphatic heterocycles. The van der Waals surface area contributed by atoms with Gasteiger partial charge in [-0.15, -0.1) is 0 Å². The highest BCUT2D eigenvalue weighted by molar-refractivity contribution is 6.42. The monoisotopic (exact) mass is 245 g/mol. The zero-order valence-electron chi connectivity index (χ0n) is 9.35. The summed E-state index contributed by atoms with van der Waals surface area (Å²) < 4.78 is 0. The second-order valence-electron chi connectivity index (χ2n) is 3.97. The van der Waals surface area contributed by atoms with Crippen molar-refractivity contribution in [3.8, 4) is 0 Å². The first-order valence-corrected chi connectivity index (χ1v) is 5.92. The van der Waals surface area contributed by atoms with Gasteiger partial charge in [0, 0.05) is 0 Å². The van der Waals surface area contributed by atoms with Gasteiger partial charge >= 0.3 is 0 Å². The van der Waals surface area contributed by atoms with Crippen molar-refractivity contribution in [2.75, 3.05) is 13.6 Å². The Kier molecular flexibility index (Phi) is 4.91. The van der Waals surface area contributed by atoms with Gasteiger partial charge in [0.05, 0.1) is 10.0 Å². The molecule has 2 unspecified atom stereocenters. The number of rotatable bonds is 4. The van der Waals surface area contributed by atoms with Crippen LogP contribution in [0.5, 0.6) is 0 Å². The molecule has 0 saturated carbocycles. The van der Waals surface area contributed by atoms with Crippen molar-refractivity contribution >= 4 is 23.2 Å². The van der Waals surface area contributed by atoms with Crippen molar-refractivity contribution < 1.29 is 0 Å². The minimum atomic E-state index is 0.406. The van der Waals surface area contributed by atoms with E-state index in [9.17, 15) is 0 Å². The molecule has 0 saturated heterocycles. The quantitative estimate of drug-likeness (QED) is 0.848. The van der Waals surface area contributed by atoms with Gasteiger partial charge < -0.3 is 5.32 Å². The normalized spacial score (nSPS) is 15.0. The maximum atomic E-state index is 6.18. The van der Waals surface area contributed by atoms with Gasteiger partial charge in [-0.3, -0.25) is 0 Å². The largest absolute Gasteiger partial charge is 0.319 e. The average molecular weight is 246 g/mol. The Hall–Kier alpha value is -0.240. The number of nitrogens with one attached hydrogen (secondary N) is 1. The number of hydrogen-bond donors (Lipinski definition) is 1. The average Bonchev–Trinajstić information content (AvgIpc) is 2.21. The Balaban J connectivity index is 2.90. The Morgan fingerprint density at radius 1 is 1.27 bits per heavy atom. The summed E-state index contributed by atoms with van der Waals surface area (Å²) in [6, 6.07) is 5.82. The highest BCUT2D eigenvalue weighted by atomic mass is 35.5. The van der Waals surface area contributed by atoms with E-state index in [0.717, 1.165) is 12.1 Å². The first-order chi connectivity index (χ1) is 7.07. The zero-order chi connectivity index (χ0) is 11.4. The van der Waals surface area contributed by atoms with Crippen LogP contribution in [0.15, 0.2) is 18.2 Å². The van der Waals surface area contributed by atoms with Crippen molar-refractivity contribution in [3.05, 3.63) is 33.8 Å². The minimum Gasteiger partial charge on any atom is -0.319 e. The molecular formula is C12H17Cl2N. The summed E-state index contributed by atoms with van der Waals surface area (Å²) >= 11 is 12.2. The Morgan fingerprint density at radius 3 is 2.53 bits per heavy atom. The van der Waals surface area contributed by atoms with Crippen LogP contribution in [0.4, 0.5) is 0 Å². The van der Waals surface area contributed by atoms with E-state index in [1.807, 2.05) is 25.2 Å². The van der Waals surface area contributed by atoms with Gasteiger partial charge in [0.1, 0.15) is 0 Å². The summed E-state index contributed by atoms with van der Waals surface area (Å²) in [5.74, 6) is 0.939. The molecule has 0 radical (unpaired) electrons. The summed E-state index contributed by atoms with van der Waals surface area (Å²) in [4.78, 5) is 0. The third kappa shape index (κ3) is 3.10. The summed E-state index contributed by atoms with van der Waals surface area (Å²) in [6.07, 6.45) is 0. The number of halogens is 2. The molecule has 1 nitrogen and oxygen atoms in total. The maximum Gasteiger partial charge on any atom is 0.0627 e. The summed E-state index contributed by atoms with van der Waals surface area (Å²) in [6.45, 7) is 5.36. The van der Waals surface area contributed by atoms with Gasteiger partial charge in [-0.2, -0.15) is 0 Å². The minimum absolute atomic E-state index is 0.406. The molecule has 15 heavy (non-hydrogen) atoms. The standard InChI is InChI=1S/C12H17Cl2N/c1-8(7-15-3)9(2)10-5-4-6-11(13)12(10)14/h4-6,8-9,15H,7H2,1-3H3. The molecule has 0 fully saturated rings. The highest BCUT2D eigenvalue weighted by Crippen LogP contribution is 2.34. The fraction of sp³-hybridized carbons (Fsp3) is 0.500. The molecule has 0 aliphatic carbocycles. The van der Waals surface area contributed by atoms with Crippen molar-refractivity contribution in [1.29, 1.82) is 0 Å². The van der Waals surface area contributed by atoms with Gasteiger partial charge in [-0.1, -0.05) is 49.2 Å². The van der Waals surface area contributed by atoms with Gasteiger partial charge in [0.25, 0.3) is 0 Å². The molecule has 0 aromatic heterocycles. The molecule has 0 heterocycles. The lowest BCUT2D eigenvalue weighted by molar-refractivity contribution is 0.466. The molecular weight excluding hydrogens is 229 g/mol. The van der Waals surface area contributed by atoms with E-state index in [1.54, 1.807) is 0 Å². The topological polar surface area (TPSA) is 12.0 Å². The third-order valence-electron chi connectivity index (χ3n) is 2.85. The van der Waals surface area contributed by atoms with Crippen molar-refractivity contribution in [3.63, 3.8) is 0 Å². The van der Waals surface area contributed by atoms with E-state index in [2.05, 4.69) is 19.2 Å². The van der Waals surface area contributed by atoms with Crippen molar-refractivity contribution in [2.45, 2.75) is 19.8 Å². The fourth-order valence-corrected chi connectivity index (χ4v) is 2.16. The first kappa shape index (κ1) is 12.8. The molecule has 1 N–H and O–H groups in total. The fourth-order valence-electron chi connectivity index (χ4n) is 1.68. The maximum absolute atomic E-state index is 6.18. The van der Waals surface area contributed by atoms with Crippen LogP contribution in [0.3, 0.4) is 0 Å². The lowest BCUT2D eigenvalue weighted by Gasteiger charge is -2.21. The van der Waals surface area contributed by atoms with Crippen LogP contribution in [-0.2, 0) is 0 Å². The van der Waals surface area contributed by atoms with Crippen LogP contribution in [0, 0.1) is 5.92 Å². The summed E-state index contributed by atoms with van der Waals surface area (Å²) in [7, 11) is 1.96. The Morgan fingerprint density at radius 2 is 1.93 bits per heavy atom. The van der Waals surface area contributed by atoms with Gasteiger partial charge in [0.2, 0.25) is 0 Å². The Bertz CT molecular complexity index is 325. The Labute approximate surface area is 102 Å². The molecule has 0 aliphatic rings. The molecule has 3 heteroatoms. The van der Waals surface area contributed by atoms with Gasteiger partial charge in [-0.25, -0.2) is 0 Å². The van der Waals surface area contributed by atoms with E-state index in [-0.39, 0.29) is 0 Å². The molecule has 1 rings (SSSR count). The summed E-state index contributed by atoms with van der Waals surface area (Å²) in [5, 5.41) is 4.50. The second kappa shape index (κ2) is 5.74.